The maximum absolute atomic E-state index is 11.5. The van der Waals surface area contributed by atoms with E-state index in [0.717, 1.165) is 5.56 Å². The Hall–Kier alpha value is -3.09. The predicted octanol–water partition coefficient (Wildman–Crippen LogP) is 2.08. The van der Waals surface area contributed by atoms with Crippen LogP contribution < -0.4 is 10.1 Å². The van der Waals surface area contributed by atoms with Gasteiger partial charge in [0.05, 0.1) is 12.1 Å². The first-order valence-electron chi connectivity index (χ1n) is 6.92. The molecule has 0 atom stereocenters. The van der Waals surface area contributed by atoms with Gasteiger partial charge in [0.25, 0.3) is 0 Å². The number of nitrogens with one attached hydrogen (secondary N) is 1. The minimum absolute atomic E-state index is 0.0833. The van der Waals surface area contributed by atoms with Crippen LogP contribution in [0.15, 0.2) is 48.7 Å². The number of aromatic nitrogens is 1. The number of carbonyl (C=O) groups is 2. The number of carboxylic acids is 1. The van der Waals surface area contributed by atoms with Crippen molar-refractivity contribution in [2.45, 2.75) is 6.61 Å². The van der Waals surface area contributed by atoms with Crippen molar-refractivity contribution in [1.29, 1.82) is 0 Å². The molecule has 1 heterocycles. The fourth-order valence-electron chi connectivity index (χ4n) is 1.68. The highest BCUT2D eigenvalue weighted by molar-refractivity contribution is 5.87. The highest BCUT2D eigenvalue weighted by Gasteiger charge is 2.04. The number of ether oxygens (including phenoxy) is 2. The standard InChI is InChI=1S/C16H16N2O5/c19-15(20)13-6-7-14(18-10-13)22-9-8-17-16(21)23-11-12-4-2-1-3-5-12/h1-7,10H,8-9,11H2,(H,17,21)(H,19,20). The zero-order valence-electron chi connectivity index (χ0n) is 12.3. The van der Waals surface area contributed by atoms with E-state index in [9.17, 15) is 9.59 Å². The number of alkyl carbamates (subject to hydrolysis) is 1. The van der Waals surface area contributed by atoms with E-state index in [1.807, 2.05) is 30.3 Å². The van der Waals surface area contributed by atoms with Gasteiger partial charge in [0.15, 0.2) is 0 Å². The summed E-state index contributed by atoms with van der Waals surface area (Å²) >= 11 is 0. The van der Waals surface area contributed by atoms with Gasteiger partial charge in [0.1, 0.15) is 13.2 Å². The third-order valence-electron chi connectivity index (χ3n) is 2.82. The number of pyridine rings is 1. The van der Waals surface area contributed by atoms with Crippen molar-refractivity contribution >= 4 is 12.1 Å². The predicted molar refractivity (Wildman–Crippen MR) is 81.3 cm³/mol. The van der Waals surface area contributed by atoms with Crippen LogP contribution in [-0.4, -0.2) is 35.3 Å². The average molecular weight is 316 g/mol. The Kier molecular flexibility index (Phi) is 5.93. The van der Waals surface area contributed by atoms with Gasteiger partial charge < -0.3 is 19.9 Å². The number of carbonyl (C=O) groups excluding carboxylic acids is 1. The minimum atomic E-state index is -1.05. The Morgan fingerprint density at radius 1 is 1.13 bits per heavy atom. The lowest BCUT2D eigenvalue weighted by Crippen LogP contribution is -2.28. The summed E-state index contributed by atoms with van der Waals surface area (Å²) in [6.07, 6.45) is 0.672. The number of hydrogen-bond acceptors (Lipinski definition) is 5. The summed E-state index contributed by atoms with van der Waals surface area (Å²) in [7, 11) is 0. The van der Waals surface area contributed by atoms with Gasteiger partial charge >= 0.3 is 12.1 Å². The smallest absolute Gasteiger partial charge is 0.407 e. The Balaban J connectivity index is 1.63. The fraction of sp³-hybridized carbons (Fsp3) is 0.188. The largest absolute Gasteiger partial charge is 0.478 e. The maximum atomic E-state index is 11.5. The highest BCUT2D eigenvalue weighted by atomic mass is 16.5. The zero-order valence-corrected chi connectivity index (χ0v) is 12.3. The number of hydrogen-bond donors (Lipinski definition) is 2. The first-order valence-corrected chi connectivity index (χ1v) is 6.92. The van der Waals surface area contributed by atoms with Crippen LogP contribution in [0.3, 0.4) is 0 Å². The molecule has 1 aromatic heterocycles. The monoisotopic (exact) mass is 316 g/mol. The lowest BCUT2D eigenvalue weighted by molar-refractivity contribution is 0.0696. The van der Waals surface area contributed by atoms with Gasteiger partial charge in [-0.05, 0) is 11.6 Å². The minimum Gasteiger partial charge on any atom is -0.478 e. The SMILES string of the molecule is O=C(NCCOc1ccc(C(=O)O)cn1)OCc1ccccc1. The van der Waals surface area contributed by atoms with Crippen LogP contribution in [0.25, 0.3) is 0 Å². The van der Waals surface area contributed by atoms with E-state index in [4.69, 9.17) is 14.6 Å². The molecule has 2 N–H and O–H groups in total. The average Bonchev–Trinajstić information content (AvgIpc) is 2.58. The number of carboxylic acid groups (broad SMARTS) is 1. The molecule has 0 aliphatic heterocycles. The molecule has 7 nitrogen and oxygen atoms in total. The highest BCUT2D eigenvalue weighted by Crippen LogP contribution is 2.07. The first kappa shape index (κ1) is 16.3. The molecule has 0 aliphatic carbocycles. The van der Waals surface area contributed by atoms with Crippen molar-refractivity contribution < 1.29 is 24.2 Å². The summed E-state index contributed by atoms with van der Waals surface area (Å²) in [5.74, 6) is -0.763. The van der Waals surface area contributed by atoms with Crippen LogP contribution in [0.2, 0.25) is 0 Å². The molecule has 120 valence electrons. The van der Waals surface area contributed by atoms with E-state index < -0.39 is 12.1 Å². The van der Waals surface area contributed by atoms with Crippen LogP contribution >= 0.6 is 0 Å². The van der Waals surface area contributed by atoms with E-state index in [-0.39, 0.29) is 31.2 Å². The quantitative estimate of drug-likeness (QED) is 0.759. The zero-order chi connectivity index (χ0) is 16.5. The third-order valence-corrected chi connectivity index (χ3v) is 2.82. The second-order valence-electron chi connectivity index (χ2n) is 4.53. The van der Waals surface area contributed by atoms with Crippen LogP contribution in [0.5, 0.6) is 5.88 Å². The van der Waals surface area contributed by atoms with Crippen LogP contribution in [-0.2, 0) is 11.3 Å². The van der Waals surface area contributed by atoms with Crippen molar-refractivity contribution in [2.75, 3.05) is 13.2 Å². The molecule has 0 radical (unpaired) electrons. The van der Waals surface area contributed by atoms with Crippen molar-refractivity contribution in [3.8, 4) is 5.88 Å². The fourth-order valence-corrected chi connectivity index (χ4v) is 1.68. The maximum Gasteiger partial charge on any atom is 0.407 e. The van der Waals surface area contributed by atoms with E-state index in [1.165, 1.54) is 18.3 Å². The van der Waals surface area contributed by atoms with Gasteiger partial charge in [-0.2, -0.15) is 0 Å². The van der Waals surface area contributed by atoms with E-state index in [0.29, 0.717) is 0 Å². The Bertz CT molecular complexity index is 643. The summed E-state index contributed by atoms with van der Waals surface area (Å²) in [4.78, 5) is 26.0. The van der Waals surface area contributed by atoms with Gasteiger partial charge in [0, 0.05) is 12.3 Å². The van der Waals surface area contributed by atoms with Crippen molar-refractivity contribution in [3.63, 3.8) is 0 Å². The van der Waals surface area contributed by atoms with E-state index in [2.05, 4.69) is 10.3 Å². The molecule has 1 amide bonds. The van der Waals surface area contributed by atoms with Gasteiger partial charge in [0.2, 0.25) is 5.88 Å². The van der Waals surface area contributed by atoms with Gasteiger partial charge in [-0.1, -0.05) is 30.3 Å². The van der Waals surface area contributed by atoms with Gasteiger partial charge in [-0.25, -0.2) is 14.6 Å². The molecule has 1 aromatic carbocycles. The molecule has 0 bridgehead atoms. The van der Waals surface area contributed by atoms with E-state index in [1.54, 1.807) is 0 Å². The van der Waals surface area contributed by atoms with Gasteiger partial charge in [-0.15, -0.1) is 0 Å². The second-order valence-corrected chi connectivity index (χ2v) is 4.53. The topological polar surface area (TPSA) is 97.8 Å². The summed E-state index contributed by atoms with van der Waals surface area (Å²) < 4.78 is 10.3. The molecule has 0 fully saturated rings. The second kappa shape index (κ2) is 8.38. The molecular formula is C16H16N2O5. The molecule has 0 unspecified atom stereocenters. The lowest BCUT2D eigenvalue weighted by atomic mass is 10.2. The summed E-state index contributed by atoms with van der Waals surface area (Å²) in [5, 5.41) is 11.3. The number of benzene rings is 1. The molecule has 7 heteroatoms. The van der Waals surface area contributed by atoms with Crippen molar-refractivity contribution in [1.82, 2.24) is 10.3 Å². The summed E-state index contributed by atoms with van der Waals surface area (Å²) in [6.45, 7) is 0.640. The number of nitrogens with zero attached hydrogens (tertiary/aromatic N) is 1. The molecule has 0 aliphatic rings. The first-order chi connectivity index (χ1) is 11.1. The molecular weight excluding hydrogens is 300 g/mol. The Morgan fingerprint density at radius 2 is 1.91 bits per heavy atom. The Labute approximate surface area is 132 Å². The number of amides is 1. The molecule has 2 aromatic rings. The molecule has 2 rings (SSSR count). The van der Waals surface area contributed by atoms with Crippen molar-refractivity contribution in [3.05, 3.63) is 59.8 Å². The summed E-state index contributed by atoms with van der Waals surface area (Å²) in [6, 6.07) is 12.2. The van der Waals surface area contributed by atoms with Crippen LogP contribution in [0, 0.1) is 0 Å². The van der Waals surface area contributed by atoms with E-state index >= 15 is 0 Å². The summed E-state index contributed by atoms with van der Waals surface area (Å²) in [5.41, 5.74) is 0.988. The van der Waals surface area contributed by atoms with Crippen LogP contribution in [0.1, 0.15) is 15.9 Å². The molecule has 0 saturated heterocycles. The molecule has 0 spiro atoms. The lowest BCUT2D eigenvalue weighted by Gasteiger charge is -2.08. The normalized spacial score (nSPS) is 9.91. The van der Waals surface area contributed by atoms with Crippen molar-refractivity contribution in [2.24, 2.45) is 0 Å². The third kappa shape index (κ3) is 5.66. The van der Waals surface area contributed by atoms with Crippen LogP contribution in [0.4, 0.5) is 4.79 Å². The van der Waals surface area contributed by atoms with Gasteiger partial charge in [-0.3, -0.25) is 0 Å². The molecule has 0 saturated carbocycles. The number of rotatable bonds is 7. The Morgan fingerprint density at radius 3 is 2.57 bits per heavy atom. The molecule has 23 heavy (non-hydrogen) atoms. The number of aromatic carboxylic acids is 1.